The summed E-state index contributed by atoms with van der Waals surface area (Å²) in [5, 5.41) is 2.77. The Morgan fingerprint density at radius 2 is 1.95 bits per heavy atom. The van der Waals surface area contributed by atoms with Gasteiger partial charge >= 0.3 is 5.97 Å². The minimum absolute atomic E-state index is 0.00861. The fourth-order valence-electron chi connectivity index (χ4n) is 2.17. The smallest absolute Gasteiger partial charge is 0.334 e. The van der Waals surface area contributed by atoms with Crippen LogP contribution < -0.4 is 10.1 Å². The molecule has 0 unspecified atom stereocenters. The van der Waals surface area contributed by atoms with Crippen LogP contribution >= 0.6 is 0 Å². The van der Waals surface area contributed by atoms with E-state index < -0.39 is 11.5 Å². The normalized spacial score (nSPS) is 22.8. The number of esters is 1. The van der Waals surface area contributed by atoms with Crippen LogP contribution in [0.1, 0.15) is 20.3 Å². The van der Waals surface area contributed by atoms with E-state index in [1.807, 2.05) is 25.1 Å². The van der Waals surface area contributed by atoms with E-state index in [1.165, 1.54) is 7.11 Å². The van der Waals surface area contributed by atoms with Crippen LogP contribution in [0.25, 0.3) is 0 Å². The maximum Gasteiger partial charge on any atom is 0.334 e. The highest BCUT2D eigenvalue weighted by Gasteiger charge is 2.44. The molecule has 3 atom stereocenters. The van der Waals surface area contributed by atoms with Crippen LogP contribution in [-0.4, -0.2) is 31.1 Å². The van der Waals surface area contributed by atoms with Gasteiger partial charge in [-0.15, -0.1) is 0 Å². The van der Waals surface area contributed by atoms with Crippen LogP contribution in [0.15, 0.2) is 30.3 Å². The molecule has 0 spiro atoms. The van der Waals surface area contributed by atoms with E-state index in [0.29, 0.717) is 11.7 Å². The van der Waals surface area contributed by atoms with Gasteiger partial charge in [0.05, 0.1) is 7.11 Å². The van der Waals surface area contributed by atoms with Gasteiger partial charge in [0.1, 0.15) is 12.4 Å². The predicted octanol–water partition coefficient (Wildman–Crippen LogP) is 1.77. The second-order valence-electron chi connectivity index (χ2n) is 5.73. The van der Waals surface area contributed by atoms with Gasteiger partial charge in [0.15, 0.2) is 5.54 Å². The lowest BCUT2D eigenvalue weighted by atomic mass is 10.0. The van der Waals surface area contributed by atoms with Crippen molar-refractivity contribution < 1.29 is 19.1 Å². The lowest BCUT2D eigenvalue weighted by molar-refractivity contribution is -0.151. The summed E-state index contributed by atoms with van der Waals surface area (Å²) in [6, 6.07) is 9.15. The number of methoxy groups -OCH3 is 1. The Hall–Kier alpha value is -2.04. The molecule has 0 aromatic heterocycles. The number of hydrogen-bond acceptors (Lipinski definition) is 4. The van der Waals surface area contributed by atoms with Crippen LogP contribution in [0.3, 0.4) is 0 Å². The topological polar surface area (TPSA) is 64.6 Å². The van der Waals surface area contributed by atoms with Crippen molar-refractivity contribution in [3.8, 4) is 5.75 Å². The molecule has 1 saturated carbocycles. The summed E-state index contributed by atoms with van der Waals surface area (Å²) in [6.07, 6.45) is 0.864. The lowest BCUT2D eigenvalue weighted by Gasteiger charge is -2.28. The molecule has 2 rings (SSSR count). The Morgan fingerprint density at radius 1 is 1.33 bits per heavy atom. The summed E-state index contributed by atoms with van der Waals surface area (Å²) in [4.78, 5) is 24.1. The van der Waals surface area contributed by atoms with Crippen molar-refractivity contribution in [2.24, 2.45) is 11.8 Å². The molecule has 5 nitrogen and oxygen atoms in total. The molecule has 5 heteroatoms. The van der Waals surface area contributed by atoms with E-state index in [1.54, 1.807) is 19.1 Å². The number of nitrogens with one attached hydrogen (secondary N) is 1. The molecule has 1 amide bonds. The van der Waals surface area contributed by atoms with Crippen LogP contribution in [0.4, 0.5) is 0 Å². The van der Waals surface area contributed by atoms with E-state index in [9.17, 15) is 9.59 Å². The third-order valence-corrected chi connectivity index (χ3v) is 3.75. The largest absolute Gasteiger partial charge is 0.491 e. The molecule has 1 aromatic carbocycles. The van der Waals surface area contributed by atoms with Gasteiger partial charge in [0.25, 0.3) is 0 Å². The van der Waals surface area contributed by atoms with Crippen molar-refractivity contribution in [3.05, 3.63) is 30.3 Å². The first-order valence-electron chi connectivity index (χ1n) is 7.04. The molecule has 1 aliphatic carbocycles. The summed E-state index contributed by atoms with van der Waals surface area (Å²) in [7, 11) is 1.30. The van der Waals surface area contributed by atoms with Crippen molar-refractivity contribution in [2.45, 2.75) is 25.8 Å². The Bertz CT molecular complexity index is 516. The summed E-state index contributed by atoms with van der Waals surface area (Å²) in [5.41, 5.74) is -1.19. The molecule has 0 saturated heterocycles. The molecule has 1 N–H and O–H groups in total. The number of benzene rings is 1. The standard InChI is InChI=1S/C16H21NO4/c1-11-9-13(11)14(18)17-16(2,15(19)20-3)10-21-12-7-5-4-6-8-12/h4-8,11,13H,9-10H2,1-3H3,(H,17,18)/t11-,13-,16-/m0/s1. The van der Waals surface area contributed by atoms with Crippen LogP contribution in [0.5, 0.6) is 5.75 Å². The highest BCUT2D eigenvalue weighted by atomic mass is 16.5. The van der Waals surface area contributed by atoms with Crippen LogP contribution in [0.2, 0.25) is 0 Å². The lowest BCUT2D eigenvalue weighted by Crippen LogP contribution is -2.57. The summed E-state index contributed by atoms with van der Waals surface area (Å²) in [6.45, 7) is 3.66. The second kappa shape index (κ2) is 6.16. The quantitative estimate of drug-likeness (QED) is 0.811. The van der Waals surface area contributed by atoms with Crippen LogP contribution in [0, 0.1) is 11.8 Å². The maximum atomic E-state index is 12.1. The Kier molecular flexibility index (Phi) is 4.50. The fourth-order valence-corrected chi connectivity index (χ4v) is 2.17. The van der Waals surface area contributed by atoms with Gasteiger partial charge in [-0.05, 0) is 31.4 Å². The predicted molar refractivity (Wildman–Crippen MR) is 77.8 cm³/mol. The van der Waals surface area contributed by atoms with Crippen LogP contribution in [-0.2, 0) is 14.3 Å². The van der Waals surface area contributed by atoms with Gasteiger partial charge in [-0.2, -0.15) is 0 Å². The highest BCUT2D eigenvalue weighted by Crippen LogP contribution is 2.38. The number of carbonyl (C=O) groups excluding carboxylic acids is 2. The van der Waals surface area contributed by atoms with Gasteiger partial charge in [-0.1, -0.05) is 25.1 Å². The van der Waals surface area contributed by atoms with Crippen molar-refractivity contribution in [2.75, 3.05) is 13.7 Å². The van der Waals surface area contributed by atoms with E-state index in [4.69, 9.17) is 9.47 Å². The zero-order valence-corrected chi connectivity index (χ0v) is 12.6. The van der Waals surface area contributed by atoms with Gasteiger partial charge in [0.2, 0.25) is 5.91 Å². The zero-order valence-electron chi connectivity index (χ0n) is 12.6. The fraction of sp³-hybridized carbons (Fsp3) is 0.500. The van der Waals surface area contributed by atoms with Crippen molar-refractivity contribution in [1.82, 2.24) is 5.32 Å². The SMILES string of the molecule is COC(=O)[C@](C)(COc1ccccc1)NC(=O)[C@H]1C[C@@H]1C. The zero-order chi connectivity index (χ0) is 15.5. The van der Waals surface area contributed by atoms with E-state index >= 15 is 0 Å². The number of carbonyl (C=O) groups is 2. The third-order valence-electron chi connectivity index (χ3n) is 3.75. The van der Waals surface area contributed by atoms with Crippen molar-refractivity contribution in [3.63, 3.8) is 0 Å². The van der Waals surface area contributed by atoms with E-state index in [-0.39, 0.29) is 18.4 Å². The highest BCUT2D eigenvalue weighted by molar-refractivity contribution is 5.90. The number of amides is 1. The molecule has 0 heterocycles. The molecular weight excluding hydrogens is 270 g/mol. The number of hydrogen-bond donors (Lipinski definition) is 1. The Labute approximate surface area is 124 Å². The molecule has 0 bridgehead atoms. The average Bonchev–Trinajstić information content (AvgIpc) is 3.22. The Balaban J connectivity index is 2.02. The third kappa shape index (κ3) is 3.74. The van der Waals surface area contributed by atoms with Gasteiger partial charge in [0, 0.05) is 5.92 Å². The van der Waals surface area contributed by atoms with Crippen molar-refractivity contribution in [1.29, 1.82) is 0 Å². The monoisotopic (exact) mass is 291 g/mol. The second-order valence-corrected chi connectivity index (χ2v) is 5.73. The number of ether oxygens (including phenoxy) is 2. The number of rotatable bonds is 6. The molecule has 1 aromatic rings. The minimum Gasteiger partial charge on any atom is -0.491 e. The molecule has 1 aliphatic rings. The van der Waals surface area contributed by atoms with E-state index in [2.05, 4.69) is 5.32 Å². The molecule has 0 radical (unpaired) electrons. The van der Waals surface area contributed by atoms with Gasteiger partial charge < -0.3 is 14.8 Å². The minimum atomic E-state index is -1.19. The number of para-hydroxylation sites is 1. The summed E-state index contributed by atoms with van der Waals surface area (Å²) < 4.78 is 10.4. The summed E-state index contributed by atoms with van der Waals surface area (Å²) >= 11 is 0. The maximum absolute atomic E-state index is 12.1. The van der Waals surface area contributed by atoms with Gasteiger partial charge in [-0.3, -0.25) is 4.79 Å². The first kappa shape index (κ1) is 15.4. The molecule has 0 aliphatic heterocycles. The molecule has 1 fully saturated rings. The van der Waals surface area contributed by atoms with Crippen molar-refractivity contribution >= 4 is 11.9 Å². The summed E-state index contributed by atoms with van der Waals surface area (Å²) in [5.74, 6) is 0.376. The first-order valence-corrected chi connectivity index (χ1v) is 7.04. The Morgan fingerprint density at radius 3 is 2.48 bits per heavy atom. The molecular formula is C16H21NO4. The molecule has 21 heavy (non-hydrogen) atoms. The molecule has 114 valence electrons. The first-order chi connectivity index (χ1) is 9.96. The average molecular weight is 291 g/mol. The van der Waals surface area contributed by atoms with E-state index in [0.717, 1.165) is 6.42 Å². The van der Waals surface area contributed by atoms with Gasteiger partial charge in [-0.25, -0.2) is 4.79 Å².